The number of alkyl halides is 3. The Morgan fingerprint density at radius 2 is 2.21 bits per heavy atom. The molecule has 0 aliphatic carbocycles. The lowest BCUT2D eigenvalue weighted by molar-refractivity contribution is -0.141. The Labute approximate surface area is 113 Å². The van der Waals surface area contributed by atoms with Gasteiger partial charge in [-0.05, 0) is 18.9 Å². The van der Waals surface area contributed by atoms with Crippen LogP contribution in [-0.2, 0) is 10.9 Å². The van der Waals surface area contributed by atoms with Crippen LogP contribution in [-0.4, -0.2) is 22.8 Å². The first-order chi connectivity index (χ1) is 8.88. The van der Waals surface area contributed by atoms with E-state index in [1.807, 2.05) is 0 Å². The van der Waals surface area contributed by atoms with Gasteiger partial charge in [-0.2, -0.15) is 13.2 Å². The molecule has 2 atom stereocenters. The molecule has 1 N–H and O–H groups in total. The number of nitrogens with zero attached hydrogens (tertiary/aromatic N) is 1. The summed E-state index contributed by atoms with van der Waals surface area (Å²) < 4.78 is 42.6. The summed E-state index contributed by atoms with van der Waals surface area (Å²) in [5.74, 6) is 0. The molecular formula is C12H13ClF3NO2. The second kappa shape index (κ2) is 5.64. The van der Waals surface area contributed by atoms with Crippen molar-refractivity contribution in [3.8, 4) is 0 Å². The fraction of sp³-hybridized carbons (Fsp3) is 0.583. The molecule has 0 saturated carbocycles. The quantitative estimate of drug-likeness (QED) is 0.870. The molecule has 19 heavy (non-hydrogen) atoms. The highest BCUT2D eigenvalue weighted by molar-refractivity contribution is 6.30. The first-order valence-corrected chi connectivity index (χ1v) is 6.29. The van der Waals surface area contributed by atoms with Gasteiger partial charge >= 0.3 is 6.18 Å². The third-order valence-corrected chi connectivity index (χ3v) is 3.34. The molecule has 1 saturated heterocycles. The fourth-order valence-electron chi connectivity index (χ4n) is 2.06. The smallest absolute Gasteiger partial charge is 0.388 e. The molecule has 0 aromatic carbocycles. The van der Waals surface area contributed by atoms with Gasteiger partial charge in [-0.15, -0.1) is 0 Å². The van der Waals surface area contributed by atoms with E-state index in [0.717, 1.165) is 25.0 Å². The maximum atomic E-state index is 12.4. The van der Waals surface area contributed by atoms with Gasteiger partial charge in [0.2, 0.25) is 0 Å². The highest BCUT2D eigenvalue weighted by Gasteiger charge is 2.33. The van der Waals surface area contributed by atoms with Gasteiger partial charge in [0.25, 0.3) is 0 Å². The van der Waals surface area contributed by atoms with Crippen molar-refractivity contribution >= 4 is 11.6 Å². The van der Waals surface area contributed by atoms with Gasteiger partial charge in [0.15, 0.2) is 0 Å². The first kappa shape index (κ1) is 14.6. The van der Waals surface area contributed by atoms with E-state index in [1.54, 1.807) is 0 Å². The van der Waals surface area contributed by atoms with Crippen molar-refractivity contribution in [2.45, 2.75) is 37.6 Å². The summed E-state index contributed by atoms with van der Waals surface area (Å²) >= 11 is 5.70. The third kappa shape index (κ3) is 3.58. The molecule has 2 unspecified atom stereocenters. The minimum Gasteiger partial charge on any atom is -0.388 e. The SMILES string of the molecule is OC(CC1CCCO1)c1ccc(C(F)(F)F)nc1Cl. The minimum absolute atomic E-state index is 0.0756. The normalized spacial score (nSPS) is 21.6. The van der Waals surface area contributed by atoms with Crippen LogP contribution in [0.1, 0.15) is 36.6 Å². The van der Waals surface area contributed by atoms with E-state index >= 15 is 0 Å². The van der Waals surface area contributed by atoms with Gasteiger partial charge in [-0.1, -0.05) is 17.7 Å². The topological polar surface area (TPSA) is 42.4 Å². The lowest BCUT2D eigenvalue weighted by Gasteiger charge is -2.17. The summed E-state index contributed by atoms with van der Waals surface area (Å²) in [7, 11) is 0. The number of aromatic nitrogens is 1. The van der Waals surface area contributed by atoms with Gasteiger partial charge < -0.3 is 9.84 Å². The van der Waals surface area contributed by atoms with Crippen molar-refractivity contribution in [2.24, 2.45) is 0 Å². The van der Waals surface area contributed by atoms with Crippen molar-refractivity contribution in [2.75, 3.05) is 6.61 Å². The fourth-order valence-corrected chi connectivity index (χ4v) is 2.34. The largest absolute Gasteiger partial charge is 0.433 e. The molecule has 0 spiro atoms. The number of ether oxygens (including phenoxy) is 1. The molecule has 1 aliphatic heterocycles. The zero-order valence-corrected chi connectivity index (χ0v) is 10.7. The highest BCUT2D eigenvalue weighted by atomic mass is 35.5. The predicted octanol–water partition coefficient (Wildman–Crippen LogP) is 3.36. The Morgan fingerprint density at radius 3 is 2.74 bits per heavy atom. The third-order valence-electron chi connectivity index (χ3n) is 3.04. The van der Waals surface area contributed by atoms with Crippen LogP contribution in [0, 0.1) is 0 Å². The predicted molar refractivity (Wildman–Crippen MR) is 62.8 cm³/mol. The van der Waals surface area contributed by atoms with Crippen molar-refractivity contribution in [3.05, 3.63) is 28.5 Å². The zero-order chi connectivity index (χ0) is 14.0. The maximum Gasteiger partial charge on any atom is 0.433 e. The molecule has 0 amide bonds. The summed E-state index contributed by atoms with van der Waals surface area (Å²) in [6.07, 6.45) is -3.51. The van der Waals surface area contributed by atoms with Crippen molar-refractivity contribution in [1.29, 1.82) is 0 Å². The number of rotatable bonds is 3. The number of pyridine rings is 1. The van der Waals surface area contributed by atoms with E-state index in [9.17, 15) is 18.3 Å². The van der Waals surface area contributed by atoms with Crippen LogP contribution in [0.3, 0.4) is 0 Å². The average molecular weight is 296 g/mol. The Kier molecular flexibility index (Phi) is 4.32. The van der Waals surface area contributed by atoms with Crippen LogP contribution in [0.4, 0.5) is 13.2 Å². The van der Waals surface area contributed by atoms with Crippen LogP contribution in [0.15, 0.2) is 12.1 Å². The summed E-state index contributed by atoms with van der Waals surface area (Å²) in [4.78, 5) is 3.28. The van der Waals surface area contributed by atoms with Crippen LogP contribution in [0.5, 0.6) is 0 Å². The van der Waals surface area contributed by atoms with E-state index in [4.69, 9.17) is 16.3 Å². The minimum atomic E-state index is -4.54. The molecule has 2 heterocycles. The van der Waals surface area contributed by atoms with Gasteiger partial charge in [0.05, 0.1) is 12.2 Å². The van der Waals surface area contributed by atoms with Crippen molar-refractivity contribution in [1.82, 2.24) is 4.98 Å². The molecule has 3 nitrogen and oxygen atoms in total. The summed E-state index contributed by atoms with van der Waals surface area (Å²) in [6, 6.07) is 1.98. The van der Waals surface area contributed by atoms with Gasteiger partial charge in [-0.25, -0.2) is 4.98 Å². The molecule has 1 fully saturated rings. The summed E-state index contributed by atoms with van der Waals surface area (Å²) in [5, 5.41) is 9.65. The second-order valence-corrected chi connectivity index (χ2v) is 4.82. The zero-order valence-electron chi connectivity index (χ0n) is 9.95. The van der Waals surface area contributed by atoms with Crippen LogP contribution < -0.4 is 0 Å². The van der Waals surface area contributed by atoms with E-state index in [0.29, 0.717) is 13.0 Å². The average Bonchev–Trinajstić information content (AvgIpc) is 2.80. The van der Waals surface area contributed by atoms with Gasteiger partial charge in [-0.3, -0.25) is 0 Å². The Balaban J connectivity index is 2.11. The van der Waals surface area contributed by atoms with E-state index < -0.39 is 18.0 Å². The van der Waals surface area contributed by atoms with E-state index in [1.165, 1.54) is 0 Å². The second-order valence-electron chi connectivity index (χ2n) is 4.46. The molecule has 106 valence electrons. The molecule has 2 rings (SSSR count). The van der Waals surface area contributed by atoms with E-state index in [-0.39, 0.29) is 16.8 Å². The highest BCUT2D eigenvalue weighted by Crippen LogP contribution is 2.33. The Morgan fingerprint density at radius 1 is 1.47 bits per heavy atom. The summed E-state index contributed by atoms with van der Waals surface area (Å²) in [6.45, 7) is 0.649. The lowest BCUT2D eigenvalue weighted by Crippen LogP contribution is -2.13. The molecule has 1 aromatic heterocycles. The molecule has 1 aliphatic rings. The standard InChI is InChI=1S/C12H13ClF3NO2/c13-11-8(3-4-10(17-11)12(14,15)16)9(18)6-7-2-1-5-19-7/h3-4,7,9,18H,1-2,5-6H2. The van der Waals surface area contributed by atoms with Crippen LogP contribution >= 0.6 is 11.6 Å². The number of hydrogen-bond acceptors (Lipinski definition) is 3. The first-order valence-electron chi connectivity index (χ1n) is 5.91. The number of hydrogen-bond donors (Lipinski definition) is 1. The van der Waals surface area contributed by atoms with Crippen molar-refractivity contribution in [3.63, 3.8) is 0 Å². The molecule has 7 heteroatoms. The molecule has 0 radical (unpaired) electrons. The molecule has 0 bridgehead atoms. The number of halogens is 4. The van der Waals surface area contributed by atoms with Gasteiger partial charge in [0, 0.05) is 18.6 Å². The van der Waals surface area contributed by atoms with Gasteiger partial charge in [0.1, 0.15) is 10.8 Å². The lowest BCUT2D eigenvalue weighted by atomic mass is 10.0. The summed E-state index contributed by atoms with van der Waals surface area (Å²) in [5.41, 5.74) is -0.865. The Hall–Kier alpha value is -0.850. The maximum absolute atomic E-state index is 12.4. The van der Waals surface area contributed by atoms with E-state index in [2.05, 4.69) is 4.98 Å². The molecular weight excluding hydrogens is 283 g/mol. The van der Waals surface area contributed by atoms with Crippen LogP contribution in [0.2, 0.25) is 5.15 Å². The van der Waals surface area contributed by atoms with Crippen molar-refractivity contribution < 1.29 is 23.0 Å². The monoisotopic (exact) mass is 295 g/mol. The number of aliphatic hydroxyl groups excluding tert-OH is 1. The molecule has 1 aromatic rings. The number of aliphatic hydroxyl groups is 1. The van der Waals surface area contributed by atoms with Crippen LogP contribution in [0.25, 0.3) is 0 Å². The Bertz CT molecular complexity index is 447.